The summed E-state index contributed by atoms with van der Waals surface area (Å²) in [6.07, 6.45) is 0. The van der Waals surface area contributed by atoms with Crippen molar-refractivity contribution >= 4 is 113 Å². The molecule has 4 N–H and O–H groups in total. The third-order valence-corrected chi connectivity index (χ3v) is 6.43. The van der Waals surface area contributed by atoms with Crippen LogP contribution >= 0.6 is 96.0 Å². The van der Waals surface area contributed by atoms with Gasteiger partial charge >= 0.3 is 0 Å². The molecule has 0 fully saturated rings. The SMILES string of the molecule is BrN(Br)c1ccccc1.Cc1ccc(N)c(Br)c1.Nc1c(Br)cc(Br)cc1Br. The van der Waals surface area contributed by atoms with Gasteiger partial charge in [-0.05, 0) is 96.7 Å². The molecule has 0 aliphatic heterocycles. The second kappa shape index (κ2) is 13.3. The molecule has 0 spiro atoms. The standard InChI is InChI=1S/C7H8BrN.C6H4Br3N.C6H5Br2N/c1-5-2-3-7(9)6(8)4-5;7-3-1-4(8)6(10)5(9)2-3;7-9(8)6-4-2-1-3-5-6/h2-4H,9H2,1H3;1-2H,10H2;1-5H. The number of halogens is 6. The molecule has 3 rings (SSSR count). The fourth-order valence-corrected chi connectivity index (χ4v) is 4.95. The molecule has 0 radical (unpaired) electrons. The van der Waals surface area contributed by atoms with Crippen molar-refractivity contribution in [1.29, 1.82) is 0 Å². The van der Waals surface area contributed by atoms with Crippen LogP contribution in [0.4, 0.5) is 17.1 Å². The molecule has 0 aliphatic carbocycles. The summed E-state index contributed by atoms with van der Waals surface area (Å²) in [5.41, 5.74) is 15.0. The maximum Gasteiger partial charge on any atom is 0.0617 e. The van der Waals surface area contributed by atoms with Crippen LogP contribution < -0.4 is 14.4 Å². The number of anilines is 3. The van der Waals surface area contributed by atoms with Gasteiger partial charge in [-0.1, -0.05) is 40.2 Å². The lowest BCUT2D eigenvalue weighted by molar-refractivity contribution is 1.45. The zero-order chi connectivity index (χ0) is 21.3. The zero-order valence-electron chi connectivity index (χ0n) is 14.6. The van der Waals surface area contributed by atoms with E-state index in [1.807, 2.05) is 67.6 Å². The van der Waals surface area contributed by atoms with Crippen molar-refractivity contribution in [1.82, 2.24) is 0 Å². The molecule has 150 valence electrons. The van der Waals surface area contributed by atoms with Gasteiger partial charge in [0.1, 0.15) is 0 Å². The van der Waals surface area contributed by atoms with Gasteiger partial charge in [-0.3, -0.25) is 0 Å². The van der Waals surface area contributed by atoms with Gasteiger partial charge in [0.25, 0.3) is 0 Å². The van der Waals surface area contributed by atoms with Crippen LogP contribution in [0.2, 0.25) is 0 Å². The number of para-hydroxylation sites is 1. The predicted molar refractivity (Wildman–Crippen MR) is 144 cm³/mol. The Balaban J connectivity index is 0.000000210. The van der Waals surface area contributed by atoms with Crippen LogP contribution in [0.3, 0.4) is 0 Å². The average molecular weight is 767 g/mol. The third kappa shape index (κ3) is 9.63. The maximum atomic E-state index is 5.64. The van der Waals surface area contributed by atoms with Crippen molar-refractivity contribution in [2.24, 2.45) is 0 Å². The van der Waals surface area contributed by atoms with Crippen LogP contribution in [0.1, 0.15) is 5.56 Å². The van der Waals surface area contributed by atoms with Crippen LogP contribution in [0, 0.1) is 6.92 Å². The number of hydrogen-bond donors (Lipinski definition) is 2. The van der Waals surface area contributed by atoms with Gasteiger partial charge in [0.05, 0.1) is 43.7 Å². The number of aryl methyl sites for hydroxylation is 1. The van der Waals surface area contributed by atoms with E-state index in [0.29, 0.717) is 0 Å². The van der Waals surface area contributed by atoms with Crippen LogP contribution in [-0.2, 0) is 0 Å². The van der Waals surface area contributed by atoms with E-state index in [0.717, 1.165) is 35.0 Å². The average Bonchev–Trinajstić information content (AvgIpc) is 2.65. The van der Waals surface area contributed by atoms with E-state index in [-0.39, 0.29) is 0 Å². The van der Waals surface area contributed by atoms with Gasteiger partial charge in [0, 0.05) is 23.6 Å². The summed E-state index contributed by atoms with van der Waals surface area (Å²) in [6.45, 7) is 2.03. The lowest BCUT2D eigenvalue weighted by Crippen LogP contribution is -1.87. The van der Waals surface area contributed by atoms with Crippen LogP contribution in [0.15, 0.2) is 78.6 Å². The summed E-state index contributed by atoms with van der Waals surface area (Å²) in [4.78, 5) is 0. The molecular formula is C19H17Br6N3. The molecular weight excluding hydrogens is 750 g/mol. The Labute approximate surface area is 216 Å². The van der Waals surface area contributed by atoms with Crippen molar-refractivity contribution in [3.05, 3.63) is 84.1 Å². The largest absolute Gasteiger partial charge is 0.398 e. The van der Waals surface area contributed by atoms with Gasteiger partial charge < -0.3 is 11.5 Å². The highest BCUT2D eigenvalue weighted by atomic mass is 79.9. The highest BCUT2D eigenvalue weighted by Crippen LogP contribution is 2.31. The summed E-state index contributed by atoms with van der Waals surface area (Å²) in [7, 11) is 0. The fourth-order valence-electron chi connectivity index (χ4n) is 1.73. The number of nitrogen functional groups attached to an aromatic ring is 2. The molecule has 0 bridgehead atoms. The molecule has 0 heterocycles. The first kappa shape index (κ1) is 26.0. The van der Waals surface area contributed by atoms with E-state index in [2.05, 4.69) is 96.0 Å². The van der Waals surface area contributed by atoms with Crippen molar-refractivity contribution in [2.45, 2.75) is 6.92 Å². The maximum absolute atomic E-state index is 5.64. The monoisotopic (exact) mass is 761 g/mol. The Bertz CT molecular complexity index is 865. The minimum Gasteiger partial charge on any atom is -0.398 e. The van der Waals surface area contributed by atoms with Crippen molar-refractivity contribution in [3.63, 3.8) is 0 Å². The predicted octanol–water partition coefficient (Wildman–Crippen LogP) is 9.01. The third-order valence-electron chi connectivity index (χ3n) is 3.15. The number of benzene rings is 3. The molecule has 0 saturated carbocycles. The zero-order valence-corrected chi connectivity index (χ0v) is 24.2. The van der Waals surface area contributed by atoms with E-state index in [9.17, 15) is 0 Å². The Morgan fingerprint density at radius 2 is 1.25 bits per heavy atom. The first-order valence-electron chi connectivity index (χ1n) is 7.70. The summed E-state index contributed by atoms with van der Waals surface area (Å²) < 4.78 is 5.48. The van der Waals surface area contributed by atoms with Crippen molar-refractivity contribution < 1.29 is 0 Å². The lowest BCUT2D eigenvalue weighted by atomic mass is 10.2. The molecule has 9 heteroatoms. The van der Waals surface area contributed by atoms with E-state index in [1.54, 1.807) is 2.95 Å². The number of nitrogens with two attached hydrogens (primary N) is 2. The number of rotatable bonds is 1. The smallest absolute Gasteiger partial charge is 0.0617 e. The Kier molecular flexibility index (Phi) is 12.3. The molecule has 0 aromatic heterocycles. The van der Waals surface area contributed by atoms with Gasteiger partial charge in [-0.25, -0.2) is 2.95 Å². The summed E-state index contributed by atoms with van der Waals surface area (Å²) in [5.74, 6) is 0. The van der Waals surface area contributed by atoms with Crippen molar-refractivity contribution in [2.75, 3.05) is 14.4 Å². The van der Waals surface area contributed by atoms with Gasteiger partial charge in [0.2, 0.25) is 0 Å². The molecule has 3 aromatic carbocycles. The molecule has 0 unspecified atom stereocenters. The minimum atomic E-state index is 0.725. The van der Waals surface area contributed by atoms with Gasteiger partial charge in [-0.15, -0.1) is 0 Å². The summed E-state index contributed by atoms with van der Waals surface area (Å²) >= 11 is 19.7. The molecule has 0 amide bonds. The molecule has 3 nitrogen and oxygen atoms in total. The van der Waals surface area contributed by atoms with Gasteiger partial charge in [-0.2, -0.15) is 0 Å². The normalized spacial score (nSPS) is 9.54. The summed E-state index contributed by atoms with van der Waals surface area (Å²) in [5, 5.41) is 0. The highest BCUT2D eigenvalue weighted by molar-refractivity contribution is 9.25. The van der Waals surface area contributed by atoms with Crippen molar-refractivity contribution in [3.8, 4) is 0 Å². The van der Waals surface area contributed by atoms with E-state index < -0.39 is 0 Å². The Morgan fingerprint density at radius 1 is 0.714 bits per heavy atom. The Hall–Kier alpha value is -0.0600. The van der Waals surface area contributed by atoms with E-state index in [1.165, 1.54) is 5.56 Å². The van der Waals surface area contributed by atoms with E-state index in [4.69, 9.17) is 11.5 Å². The molecule has 0 saturated heterocycles. The lowest BCUT2D eigenvalue weighted by Gasteiger charge is -2.03. The van der Waals surface area contributed by atoms with Gasteiger partial charge in [0.15, 0.2) is 0 Å². The second-order valence-electron chi connectivity index (χ2n) is 5.38. The van der Waals surface area contributed by atoms with E-state index >= 15 is 0 Å². The quantitative estimate of drug-likeness (QED) is 0.192. The minimum absolute atomic E-state index is 0.725. The summed E-state index contributed by atoms with van der Waals surface area (Å²) in [6, 6.07) is 19.6. The molecule has 0 aliphatic rings. The number of hydrogen-bond acceptors (Lipinski definition) is 3. The highest BCUT2D eigenvalue weighted by Gasteiger charge is 2.00. The fraction of sp³-hybridized carbons (Fsp3) is 0.0526. The molecule has 3 aromatic rings. The molecule has 28 heavy (non-hydrogen) atoms. The van der Waals surface area contributed by atoms with Crippen LogP contribution in [0.5, 0.6) is 0 Å². The topological polar surface area (TPSA) is 55.3 Å². The van der Waals surface area contributed by atoms with Crippen LogP contribution in [0.25, 0.3) is 0 Å². The Morgan fingerprint density at radius 3 is 1.64 bits per heavy atom. The first-order valence-corrected chi connectivity index (χ1v) is 12.3. The second-order valence-corrected chi connectivity index (χ2v) is 11.2. The van der Waals surface area contributed by atoms with Crippen LogP contribution in [-0.4, -0.2) is 0 Å². The molecule has 0 atom stereocenters. The number of nitrogens with zero attached hydrogens (tertiary/aromatic N) is 1. The first-order chi connectivity index (χ1) is 13.1.